The highest BCUT2D eigenvalue weighted by atomic mass is 19.1. The van der Waals surface area contributed by atoms with Gasteiger partial charge in [0.25, 0.3) is 5.91 Å². The van der Waals surface area contributed by atoms with Crippen LogP contribution in [0.15, 0.2) is 73.4 Å². The normalized spacial score (nSPS) is 13.3. The van der Waals surface area contributed by atoms with Crippen LogP contribution in [0.5, 0.6) is 17.4 Å². The van der Waals surface area contributed by atoms with Crippen LogP contribution >= 0.6 is 0 Å². The molecular formula is C34H37FN6O3. The van der Waals surface area contributed by atoms with Crippen molar-refractivity contribution >= 4 is 28.9 Å². The van der Waals surface area contributed by atoms with Crippen molar-refractivity contribution in [3.63, 3.8) is 0 Å². The molecule has 3 aromatic carbocycles. The zero-order chi connectivity index (χ0) is 31.2. The summed E-state index contributed by atoms with van der Waals surface area (Å²) in [4.78, 5) is 26.7. The molecule has 1 saturated heterocycles. The van der Waals surface area contributed by atoms with Crippen LogP contribution in [0, 0.1) is 19.7 Å². The monoisotopic (exact) mass is 596 g/mol. The maximum atomic E-state index is 15.2. The number of amides is 1. The number of rotatable bonds is 10. The second kappa shape index (κ2) is 13.6. The van der Waals surface area contributed by atoms with E-state index in [1.54, 1.807) is 31.4 Å². The molecular weight excluding hydrogens is 559 g/mol. The van der Waals surface area contributed by atoms with Gasteiger partial charge in [-0.15, -0.1) is 6.58 Å². The minimum Gasteiger partial charge on any atom is -0.493 e. The Morgan fingerprint density at radius 2 is 1.80 bits per heavy atom. The summed E-state index contributed by atoms with van der Waals surface area (Å²) in [5.74, 6) is 0.209. The van der Waals surface area contributed by atoms with Gasteiger partial charge in [-0.3, -0.25) is 4.79 Å². The van der Waals surface area contributed by atoms with E-state index in [-0.39, 0.29) is 23.2 Å². The van der Waals surface area contributed by atoms with Gasteiger partial charge in [0.1, 0.15) is 11.4 Å². The number of halogens is 1. The molecule has 9 nitrogen and oxygen atoms in total. The summed E-state index contributed by atoms with van der Waals surface area (Å²) in [7, 11) is 3.60. The Balaban J connectivity index is 1.45. The van der Waals surface area contributed by atoms with Crippen LogP contribution < -0.4 is 25.0 Å². The molecule has 5 rings (SSSR count). The van der Waals surface area contributed by atoms with Crippen LogP contribution in [-0.4, -0.2) is 61.1 Å². The molecule has 4 aromatic rings. The molecule has 0 saturated carbocycles. The minimum atomic E-state index is -0.436. The lowest BCUT2D eigenvalue weighted by atomic mass is 10.1. The number of piperazine rings is 1. The van der Waals surface area contributed by atoms with Gasteiger partial charge in [-0.05, 0) is 74.3 Å². The maximum Gasteiger partial charge on any atom is 0.262 e. The highest BCUT2D eigenvalue weighted by Crippen LogP contribution is 2.34. The summed E-state index contributed by atoms with van der Waals surface area (Å²) in [6.45, 7) is 10.9. The van der Waals surface area contributed by atoms with Crippen LogP contribution in [0.4, 0.5) is 27.4 Å². The fraction of sp³-hybridized carbons (Fsp3) is 0.265. The van der Waals surface area contributed by atoms with Crippen molar-refractivity contribution in [3.8, 4) is 17.4 Å². The Morgan fingerprint density at radius 3 is 2.48 bits per heavy atom. The van der Waals surface area contributed by atoms with E-state index in [2.05, 4.69) is 39.1 Å². The summed E-state index contributed by atoms with van der Waals surface area (Å²) in [6.07, 6.45) is 3.85. The van der Waals surface area contributed by atoms with Crippen molar-refractivity contribution in [1.29, 1.82) is 0 Å². The molecule has 0 radical (unpaired) electrons. The first-order chi connectivity index (χ1) is 21.2. The van der Waals surface area contributed by atoms with E-state index in [9.17, 15) is 4.79 Å². The maximum absolute atomic E-state index is 15.2. The molecule has 0 atom stereocenters. The molecule has 0 unspecified atom stereocenters. The molecule has 1 amide bonds. The zero-order valence-corrected chi connectivity index (χ0v) is 25.5. The number of hydrogen-bond acceptors (Lipinski definition) is 8. The first-order valence-electron chi connectivity index (χ1n) is 14.5. The van der Waals surface area contributed by atoms with E-state index < -0.39 is 5.91 Å². The molecule has 0 spiro atoms. The summed E-state index contributed by atoms with van der Waals surface area (Å²) >= 11 is 0. The van der Waals surface area contributed by atoms with Gasteiger partial charge in [0, 0.05) is 43.8 Å². The predicted molar refractivity (Wildman–Crippen MR) is 172 cm³/mol. The third-order valence-corrected chi connectivity index (χ3v) is 7.58. The van der Waals surface area contributed by atoms with Gasteiger partial charge in [-0.25, -0.2) is 9.37 Å². The summed E-state index contributed by atoms with van der Waals surface area (Å²) < 4.78 is 27.0. The molecule has 228 valence electrons. The number of carbonyl (C=O) groups excluding carboxylic acids is 1. The van der Waals surface area contributed by atoms with E-state index in [1.165, 1.54) is 12.3 Å². The molecule has 1 aromatic heterocycles. The van der Waals surface area contributed by atoms with Crippen molar-refractivity contribution in [1.82, 2.24) is 14.9 Å². The quantitative estimate of drug-likeness (QED) is 0.200. The molecule has 2 N–H and O–H groups in total. The van der Waals surface area contributed by atoms with Crippen molar-refractivity contribution < 1.29 is 18.7 Å². The van der Waals surface area contributed by atoms with E-state index >= 15 is 4.39 Å². The Kier molecular flexibility index (Phi) is 9.40. The van der Waals surface area contributed by atoms with Crippen molar-refractivity contribution in [3.05, 3.63) is 102 Å². The third kappa shape index (κ3) is 6.98. The van der Waals surface area contributed by atoms with Crippen molar-refractivity contribution in [2.75, 3.05) is 55.9 Å². The number of ether oxygens (including phenoxy) is 2. The summed E-state index contributed by atoms with van der Waals surface area (Å²) in [6, 6.07) is 16.2. The molecule has 0 aliphatic carbocycles. The molecule has 2 heterocycles. The molecule has 0 bridgehead atoms. The molecule has 1 aliphatic heterocycles. The number of aryl methyl sites for hydroxylation is 2. The van der Waals surface area contributed by atoms with Gasteiger partial charge in [0.2, 0.25) is 11.8 Å². The zero-order valence-electron chi connectivity index (χ0n) is 25.5. The smallest absolute Gasteiger partial charge is 0.262 e. The first-order valence-corrected chi connectivity index (χ1v) is 14.5. The number of nitrogens with zero attached hydrogens (tertiary/aromatic N) is 4. The van der Waals surface area contributed by atoms with Gasteiger partial charge in [-0.2, -0.15) is 4.98 Å². The van der Waals surface area contributed by atoms with Gasteiger partial charge in [-0.1, -0.05) is 30.3 Å². The van der Waals surface area contributed by atoms with Crippen LogP contribution in [0.1, 0.15) is 27.0 Å². The van der Waals surface area contributed by atoms with Crippen LogP contribution in [0.3, 0.4) is 0 Å². The third-order valence-electron chi connectivity index (χ3n) is 7.58. The largest absolute Gasteiger partial charge is 0.493 e. The number of likely N-dealkylation sites (N-methyl/N-ethyl adjacent to an activating group) is 1. The van der Waals surface area contributed by atoms with Crippen LogP contribution in [0.25, 0.3) is 0 Å². The Bertz CT molecular complexity index is 1650. The number of hydrogen-bond donors (Lipinski definition) is 2. The second-order valence-corrected chi connectivity index (χ2v) is 10.8. The van der Waals surface area contributed by atoms with Gasteiger partial charge < -0.3 is 29.9 Å². The number of nitrogens with one attached hydrogen (secondary N) is 2. The minimum absolute atomic E-state index is 0.00976. The van der Waals surface area contributed by atoms with Crippen LogP contribution in [0.2, 0.25) is 0 Å². The number of methoxy groups -OCH3 is 1. The van der Waals surface area contributed by atoms with Gasteiger partial charge >= 0.3 is 0 Å². The van der Waals surface area contributed by atoms with Crippen LogP contribution in [-0.2, 0) is 6.42 Å². The fourth-order valence-electron chi connectivity index (χ4n) is 5.06. The number of anilines is 4. The highest BCUT2D eigenvalue weighted by Gasteiger charge is 2.21. The molecule has 1 aliphatic rings. The molecule has 10 heteroatoms. The lowest BCUT2D eigenvalue weighted by Gasteiger charge is -2.34. The lowest BCUT2D eigenvalue weighted by Crippen LogP contribution is -2.44. The van der Waals surface area contributed by atoms with Gasteiger partial charge in [0.05, 0.1) is 12.8 Å². The average Bonchev–Trinajstić information content (AvgIpc) is 3.01. The molecule has 44 heavy (non-hydrogen) atoms. The lowest BCUT2D eigenvalue weighted by molar-refractivity contribution is 0.102. The average molecular weight is 597 g/mol. The Labute approximate surface area is 257 Å². The first kappa shape index (κ1) is 30.5. The summed E-state index contributed by atoms with van der Waals surface area (Å²) in [5.41, 5.74) is 4.66. The van der Waals surface area contributed by atoms with E-state index in [4.69, 9.17) is 9.47 Å². The standard InChI is InChI=1S/C34H37FN6O3/c1-6-8-24-11-14-29(30(19-24)43-5)44-33-26(32(42)38-31-22(2)9-7-10-23(31)3)21-36-34(39-33)37-25-12-13-28(27(35)20-25)41-17-15-40(4)16-18-41/h6-7,9-14,19-21H,1,8,15-18H2,2-5H3,(H,38,42)(H,36,37,39). The fourth-order valence-corrected chi connectivity index (χ4v) is 5.06. The topological polar surface area (TPSA) is 91.9 Å². The van der Waals surface area contributed by atoms with Crippen molar-refractivity contribution in [2.24, 2.45) is 0 Å². The van der Waals surface area contributed by atoms with E-state index in [0.717, 1.165) is 42.9 Å². The number of para-hydroxylation sites is 1. The Hall–Kier alpha value is -4.96. The second-order valence-electron chi connectivity index (χ2n) is 10.8. The van der Waals surface area contributed by atoms with Crippen molar-refractivity contribution in [2.45, 2.75) is 20.3 Å². The number of carbonyl (C=O) groups is 1. The van der Waals surface area contributed by atoms with E-state index in [0.29, 0.717) is 35.0 Å². The number of allylic oxidation sites excluding steroid dienone is 1. The number of benzene rings is 3. The predicted octanol–water partition coefficient (Wildman–Crippen LogP) is 6.51. The molecule has 1 fully saturated rings. The SMILES string of the molecule is C=CCc1ccc(Oc2nc(Nc3ccc(N4CCN(C)CC4)c(F)c3)ncc2C(=O)Nc2c(C)cccc2C)c(OC)c1. The number of aromatic nitrogens is 2. The summed E-state index contributed by atoms with van der Waals surface area (Å²) in [5, 5.41) is 6.03. The van der Waals surface area contributed by atoms with E-state index in [1.807, 2.05) is 49.1 Å². The highest BCUT2D eigenvalue weighted by molar-refractivity contribution is 6.06. The Morgan fingerprint density at radius 1 is 1.05 bits per heavy atom. The van der Waals surface area contributed by atoms with Gasteiger partial charge in [0.15, 0.2) is 11.5 Å².